The third kappa shape index (κ3) is 5.19. The number of nitrogens with one attached hydrogen (secondary N) is 1. The van der Waals surface area contributed by atoms with Gasteiger partial charge in [0.25, 0.3) is 0 Å². The second kappa shape index (κ2) is 7.71. The second-order valence-electron chi connectivity index (χ2n) is 4.57. The molecule has 0 aliphatic carbocycles. The van der Waals surface area contributed by atoms with E-state index in [9.17, 15) is 4.79 Å². The summed E-state index contributed by atoms with van der Waals surface area (Å²) in [5.41, 5.74) is 0.955. The zero-order valence-corrected chi connectivity index (χ0v) is 10.9. The molecule has 0 aromatic heterocycles. The highest BCUT2D eigenvalue weighted by molar-refractivity contribution is 5.67. The van der Waals surface area contributed by atoms with Crippen molar-refractivity contribution in [3.8, 4) is 0 Å². The molecule has 100 valence electrons. The molecule has 2 N–H and O–H groups in total. The molecule has 0 radical (unpaired) electrons. The molecule has 18 heavy (non-hydrogen) atoms. The SMILES string of the molecule is CC(C)C(CCO)NC(=O)OCc1ccccc1. The number of benzene rings is 1. The second-order valence-corrected chi connectivity index (χ2v) is 4.57. The molecule has 1 atom stereocenters. The lowest BCUT2D eigenvalue weighted by Gasteiger charge is -2.21. The van der Waals surface area contributed by atoms with Gasteiger partial charge in [-0.1, -0.05) is 44.2 Å². The van der Waals surface area contributed by atoms with Crippen LogP contribution in [0.5, 0.6) is 0 Å². The molecule has 1 aromatic rings. The lowest BCUT2D eigenvalue weighted by molar-refractivity contribution is 0.129. The molecule has 0 spiro atoms. The smallest absolute Gasteiger partial charge is 0.407 e. The van der Waals surface area contributed by atoms with Crippen LogP contribution >= 0.6 is 0 Å². The number of aliphatic hydroxyl groups excluding tert-OH is 1. The quantitative estimate of drug-likeness (QED) is 0.815. The maximum Gasteiger partial charge on any atom is 0.407 e. The van der Waals surface area contributed by atoms with Crippen LogP contribution in [-0.2, 0) is 11.3 Å². The van der Waals surface area contributed by atoms with Crippen LogP contribution in [0.3, 0.4) is 0 Å². The van der Waals surface area contributed by atoms with Crippen LogP contribution in [0.2, 0.25) is 0 Å². The van der Waals surface area contributed by atoms with Gasteiger partial charge in [0.1, 0.15) is 6.61 Å². The van der Waals surface area contributed by atoms with Crippen LogP contribution in [0, 0.1) is 5.92 Å². The summed E-state index contributed by atoms with van der Waals surface area (Å²) < 4.78 is 5.12. The highest BCUT2D eigenvalue weighted by Gasteiger charge is 2.16. The van der Waals surface area contributed by atoms with E-state index in [0.29, 0.717) is 6.42 Å². The standard InChI is InChI=1S/C14H21NO3/c1-11(2)13(8-9-16)15-14(17)18-10-12-6-4-3-5-7-12/h3-7,11,13,16H,8-10H2,1-2H3,(H,15,17). The van der Waals surface area contributed by atoms with Gasteiger partial charge in [-0.05, 0) is 17.9 Å². The van der Waals surface area contributed by atoms with Crippen LogP contribution < -0.4 is 5.32 Å². The number of hydrogen-bond acceptors (Lipinski definition) is 3. The summed E-state index contributed by atoms with van der Waals surface area (Å²) in [4.78, 5) is 11.6. The van der Waals surface area contributed by atoms with Gasteiger partial charge >= 0.3 is 6.09 Å². The molecule has 0 saturated carbocycles. The van der Waals surface area contributed by atoms with Crippen molar-refractivity contribution in [3.63, 3.8) is 0 Å². The Hall–Kier alpha value is -1.55. The molecule has 1 amide bonds. The number of carbonyl (C=O) groups is 1. The Morgan fingerprint density at radius 3 is 2.56 bits per heavy atom. The van der Waals surface area contributed by atoms with Crippen molar-refractivity contribution in [3.05, 3.63) is 35.9 Å². The van der Waals surface area contributed by atoms with Crippen molar-refractivity contribution < 1.29 is 14.6 Å². The van der Waals surface area contributed by atoms with E-state index in [4.69, 9.17) is 9.84 Å². The molecule has 0 aliphatic heterocycles. The van der Waals surface area contributed by atoms with Gasteiger partial charge in [0.05, 0.1) is 0 Å². The molecule has 4 heteroatoms. The van der Waals surface area contributed by atoms with E-state index in [1.165, 1.54) is 0 Å². The zero-order valence-electron chi connectivity index (χ0n) is 10.9. The molecular weight excluding hydrogens is 230 g/mol. The monoisotopic (exact) mass is 251 g/mol. The summed E-state index contributed by atoms with van der Waals surface area (Å²) in [5.74, 6) is 0.265. The molecule has 1 aromatic carbocycles. The van der Waals surface area contributed by atoms with Crippen LogP contribution in [-0.4, -0.2) is 23.8 Å². The van der Waals surface area contributed by atoms with Crippen LogP contribution in [0.4, 0.5) is 4.79 Å². The van der Waals surface area contributed by atoms with Gasteiger partial charge in [-0.3, -0.25) is 0 Å². The van der Waals surface area contributed by atoms with E-state index >= 15 is 0 Å². The average Bonchev–Trinajstić information content (AvgIpc) is 2.37. The lowest BCUT2D eigenvalue weighted by Crippen LogP contribution is -2.39. The minimum atomic E-state index is -0.439. The van der Waals surface area contributed by atoms with Crippen molar-refractivity contribution in [2.75, 3.05) is 6.61 Å². The Kier molecular flexibility index (Phi) is 6.22. The van der Waals surface area contributed by atoms with Crippen molar-refractivity contribution >= 4 is 6.09 Å². The predicted octanol–water partition coefficient (Wildman–Crippen LogP) is 2.32. The maximum atomic E-state index is 11.6. The topological polar surface area (TPSA) is 58.6 Å². The fraction of sp³-hybridized carbons (Fsp3) is 0.500. The Balaban J connectivity index is 2.36. The number of amides is 1. The molecule has 1 rings (SSSR count). The number of ether oxygens (including phenoxy) is 1. The summed E-state index contributed by atoms with van der Waals surface area (Å²) in [7, 11) is 0. The number of aliphatic hydroxyl groups is 1. The lowest BCUT2D eigenvalue weighted by atomic mass is 10.0. The Labute approximate surface area is 108 Å². The minimum Gasteiger partial charge on any atom is -0.445 e. The average molecular weight is 251 g/mol. The van der Waals surface area contributed by atoms with E-state index < -0.39 is 6.09 Å². The Morgan fingerprint density at radius 2 is 2.00 bits per heavy atom. The highest BCUT2D eigenvalue weighted by Crippen LogP contribution is 2.06. The van der Waals surface area contributed by atoms with E-state index in [0.717, 1.165) is 5.56 Å². The Bertz CT molecular complexity index is 351. The third-order valence-electron chi connectivity index (χ3n) is 2.76. The van der Waals surface area contributed by atoms with E-state index in [-0.39, 0.29) is 25.2 Å². The number of rotatable bonds is 6. The molecule has 0 bridgehead atoms. The van der Waals surface area contributed by atoms with E-state index in [1.807, 2.05) is 44.2 Å². The van der Waals surface area contributed by atoms with Gasteiger partial charge in [-0.25, -0.2) is 4.79 Å². The van der Waals surface area contributed by atoms with Gasteiger partial charge < -0.3 is 15.2 Å². The number of alkyl carbamates (subject to hydrolysis) is 1. The van der Waals surface area contributed by atoms with Crippen molar-refractivity contribution in [1.29, 1.82) is 0 Å². The van der Waals surface area contributed by atoms with E-state index in [2.05, 4.69) is 5.32 Å². The zero-order chi connectivity index (χ0) is 13.4. The van der Waals surface area contributed by atoms with Crippen LogP contribution in [0.1, 0.15) is 25.8 Å². The largest absolute Gasteiger partial charge is 0.445 e. The molecule has 0 aliphatic rings. The summed E-state index contributed by atoms with van der Waals surface area (Å²) >= 11 is 0. The normalized spacial score (nSPS) is 12.2. The van der Waals surface area contributed by atoms with Gasteiger partial charge in [-0.2, -0.15) is 0 Å². The fourth-order valence-corrected chi connectivity index (χ4v) is 1.63. The Morgan fingerprint density at radius 1 is 1.33 bits per heavy atom. The molecule has 0 saturated heterocycles. The summed E-state index contributed by atoms with van der Waals surface area (Å²) in [6.07, 6.45) is 0.101. The first-order valence-electron chi connectivity index (χ1n) is 6.21. The van der Waals surface area contributed by atoms with Gasteiger partial charge in [0, 0.05) is 12.6 Å². The van der Waals surface area contributed by atoms with E-state index in [1.54, 1.807) is 0 Å². The van der Waals surface area contributed by atoms with Crippen molar-refractivity contribution in [2.45, 2.75) is 32.9 Å². The summed E-state index contributed by atoms with van der Waals surface area (Å²) in [5, 5.41) is 11.7. The minimum absolute atomic E-state index is 0.0572. The van der Waals surface area contributed by atoms with Gasteiger partial charge in [0.2, 0.25) is 0 Å². The molecular formula is C14H21NO3. The van der Waals surface area contributed by atoms with Crippen molar-refractivity contribution in [1.82, 2.24) is 5.32 Å². The number of carbonyl (C=O) groups excluding carboxylic acids is 1. The first-order valence-corrected chi connectivity index (χ1v) is 6.21. The number of hydrogen-bond donors (Lipinski definition) is 2. The summed E-state index contributed by atoms with van der Waals surface area (Å²) in [6.45, 7) is 4.31. The first-order chi connectivity index (χ1) is 8.63. The third-order valence-corrected chi connectivity index (χ3v) is 2.76. The fourth-order valence-electron chi connectivity index (χ4n) is 1.63. The molecule has 0 heterocycles. The van der Waals surface area contributed by atoms with Crippen molar-refractivity contribution in [2.24, 2.45) is 5.92 Å². The van der Waals surface area contributed by atoms with Gasteiger partial charge in [0.15, 0.2) is 0 Å². The highest BCUT2D eigenvalue weighted by atomic mass is 16.5. The van der Waals surface area contributed by atoms with Gasteiger partial charge in [-0.15, -0.1) is 0 Å². The molecule has 4 nitrogen and oxygen atoms in total. The molecule has 0 fully saturated rings. The maximum absolute atomic E-state index is 11.6. The van der Waals surface area contributed by atoms with Crippen LogP contribution in [0.15, 0.2) is 30.3 Å². The van der Waals surface area contributed by atoms with Crippen LogP contribution in [0.25, 0.3) is 0 Å². The first kappa shape index (κ1) is 14.5. The molecule has 1 unspecified atom stereocenters. The predicted molar refractivity (Wildman–Crippen MR) is 70.1 cm³/mol. The summed E-state index contributed by atoms with van der Waals surface area (Å²) in [6, 6.07) is 9.47.